The molecular formula is C115H146HoN4O23-2. The van der Waals surface area contributed by atoms with Crippen LogP contribution in [0.15, 0.2) is 278 Å². The number of carbonyl (C=O) groups is 9. The zero-order chi connectivity index (χ0) is 106. The average molecular weight is 2120 g/mol. The molecule has 0 bridgehead atoms. The number of aliphatic carboxylic acids is 8. The molecule has 6 atom stereocenters. The molecule has 6 unspecified atom stereocenters. The van der Waals surface area contributed by atoms with Gasteiger partial charge in [-0.25, -0.2) is 9.59 Å². The average Bonchev–Trinajstić information content (AvgIpc) is 1.62. The van der Waals surface area contributed by atoms with Crippen molar-refractivity contribution in [2.45, 2.75) is 209 Å². The van der Waals surface area contributed by atoms with E-state index in [1.54, 1.807) is 48.5 Å². The van der Waals surface area contributed by atoms with Crippen molar-refractivity contribution >= 4 is 66.2 Å². The zero-order valence-electron chi connectivity index (χ0n) is 84.5. The van der Waals surface area contributed by atoms with Crippen molar-refractivity contribution in [1.29, 1.82) is 0 Å². The van der Waals surface area contributed by atoms with Crippen molar-refractivity contribution in [3.05, 3.63) is 334 Å². The summed E-state index contributed by atoms with van der Waals surface area (Å²) < 4.78 is 16.0. The molecule has 3 aliphatic rings. The molecule has 777 valence electrons. The van der Waals surface area contributed by atoms with Crippen LogP contribution in [-0.2, 0) is 91.1 Å². The molecule has 0 spiro atoms. The molecule has 27 nitrogen and oxygen atoms in total. The number of fused-ring (bicyclic) bond motifs is 6. The summed E-state index contributed by atoms with van der Waals surface area (Å²) in [5.74, 6) is -5.78. The molecule has 13 rings (SSSR count). The molecule has 143 heavy (non-hydrogen) atoms. The minimum atomic E-state index is -1.10. The smallest absolute Gasteiger partial charge is 0.407 e. The van der Waals surface area contributed by atoms with Gasteiger partial charge < -0.3 is 86.9 Å². The first kappa shape index (κ1) is 126. The summed E-state index contributed by atoms with van der Waals surface area (Å²) in [6.45, 7) is 24.5. The van der Waals surface area contributed by atoms with Crippen molar-refractivity contribution in [3.63, 3.8) is 0 Å². The summed E-state index contributed by atoms with van der Waals surface area (Å²) in [6.07, 6.45) is 11.4. The number of ether oxygens (including phenoxy) is 3. The summed E-state index contributed by atoms with van der Waals surface area (Å²) in [5, 5.41) is 87.0. The maximum atomic E-state index is 12.3. The van der Waals surface area contributed by atoms with Crippen LogP contribution in [0.25, 0.3) is 28.0 Å². The fourth-order valence-corrected chi connectivity index (χ4v) is 15.1. The van der Waals surface area contributed by atoms with Gasteiger partial charge in [-0.3, -0.25) is 38.6 Å². The number of aliphatic hydroxyl groups excluding tert-OH is 2. The van der Waals surface area contributed by atoms with Crippen LogP contribution in [0, 0.1) is 78.2 Å². The third-order valence-electron chi connectivity index (χ3n) is 23.4. The molecule has 1 amide bonds. The van der Waals surface area contributed by atoms with E-state index in [1.807, 2.05) is 271 Å². The standard InChI is InChI=1S/C24H21NO4.C15H11O2.C14H20O3.2C11H14O2.C10H18O2.C10H12O2.C9H18N2O2.C9H10NO2.2CH4O.Ho/c26-23(27)22(14-16-8-2-1-3-9-16)25-24(28)29-15-21-19-12-6-4-10-17(19)18-11-5-7-13-20(18)21;16-10-17-9-15-13-7-3-1-5-11(13)12-6-2-4-8-14(12)15;1-10(13(15)16)9-11-5-7-12(8-6-11)17-14(2,3)4;1-11(2,10(12)13)8-9-6-4-3-5-7-9;1-9(11(12)13)7-8-10-5-3-2-4-6-10;1-10(2,9(11)12)8-6-4-3-5-7-8;1-8(10(11)12)7-9-5-3-2-4-6-9;1-7(9(12)13)5-3-4-6-11-8(2)10;10-8(9(11)12)6-7-4-2-1-3-5-7;2*1-2;/h1-13,21-22H,14-15H2,(H,25,28)(H,26,27);1-8,15H,9H2;5-8,10H,9H2,1-4H3,(H,15,16);3-7H,8H2,1-2H3,(H,12,13);2-6,9H,7-8H2,1H3,(H,12,13);8H,3-7H2,1-2H3,(H,11,12);2-6,8H,7H2,1H3,(H,11,12);7H,3-6H2,1-2H3,(H2,10,11)(H,12,13);1-5,8,10H,6H2,(H,11,12);2*2H,1H3;/q;-1;;;;;;;-1;;;. The second kappa shape index (κ2) is 68.3. The number of hydrogen-bond acceptors (Lipinski definition) is 16. The van der Waals surface area contributed by atoms with Gasteiger partial charge in [0.05, 0.1) is 46.9 Å². The predicted molar refractivity (Wildman–Crippen MR) is 556 cm³/mol. The number of nitrogens with zero attached hydrogens (tertiary/aromatic N) is 1. The van der Waals surface area contributed by atoms with E-state index in [9.17, 15) is 53.1 Å². The number of carboxylic acid groups (broad SMARTS) is 8. The summed E-state index contributed by atoms with van der Waals surface area (Å²) in [5.41, 5.74) is 26.6. The van der Waals surface area contributed by atoms with Crippen LogP contribution in [0.4, 0.5) is 4.79 Å². The van der Waals surface area contributed by atoms with Gasteiger partial charge in [0.2, 0.25) is 0 Å². The molecule has 1 fully saturated rings. The Labute approximate surface area is 872 Å². The van der Waals surface area contributed by atoms with Crippen LogP contribution in [0.5, 0.6) is 5.75 Å². The van der Waals surface area contributed by atoms with Gasteiger partial charge in [-0.2, -0.15) is 0 Å². The normalized spacial score (nSPS) is 13.1. The number of aliphatic hydroxyl groups is 2. The van der Waals surface area contributed by atoms with E-state index in [1.165, 1.54) is 53.6 Å². The zero-order valence-corrected chi connectivity index (χ0v) is 86.4. The number of hydrogen-bond donors (Lipinski definition) is 12. The largest absolute Gasteiger partial charge is 0.665 e. The Kier molecular flexibility index (Phi) is 60.3. The van der Waals surface area contributed by atoms with Gasteiger partial charge in [0, 0.05) is 76.8 Å². The number of aryl methyl sites for hydroxylation is 1. The van der Waals surface area contributed by atoms with Gasteiger partial charge in [0.25, 0.3) is 5.97 Å². The Morgan fingerprint density at radius 1 is 0.420 bits per heavy atom. The van der Waals surface area contributed by atoms with Crippen molar-refractivity contribution in [1.82, 2.24) is 5.32 Å². The summed E-state index contributed by atoms with van der Waals surface area (Å²) in [7, 11) is 2.00. The molecule has 0 saturated heterocycles. The molecule has 1 saturated carbocycles. The summed E-state index contributed by atoms with van der Waals surface area (Å²) in [4.78, 5) is 112. The second-order valence-corrected chi connectivity index (χ2v) is 36.7. The number of carbonyl (C=O) groups excluding carboxylic acids is 2. The van der Waals surface area contributed by atoms with E-state index in [0.29, 0.717) is 57.0 Å². The Morgan fingerprint density at radius 3 is 1.13 bits per heavy atom. The first-order valence-electron chi connectivity index (χ1n) is 47.5. The maximum Gasteiger partial charge on any atom is 0.407 e. The minimum absolute atomic E-state index is 0. The van der Waals surface area contributed by atoms with Gasteiger partial charge in [0.1, 0.15) is 24.0 Å². The van der Waals surface area contributed by atoms with E-state index in [2.05, 4.69) is 46.7 Å². The van der Waals surface area contributed by atoms with E-state index < -0.39 is 76.8 Å². The van der Waals surface area contributed by atoms with Crippen LogP contribution in [-0.4, -0.2) is 169 Å². The van der Waals surface area contributed by atoms with Crippen molar-refractivity contribution in [2.24, 2.45) is 51.1 Å². The van der Waals surface area contributed by atoms with Gasteiger partial charge in [-0.15, -0.1) is 0 Å². The number of alkyl carbamates (subject to hydrolysis) is 1. The SMILES string of the molecule is CC(C)(C(=O)O)C1CCCCC1.CC(C)(Cc1ccccc1)C(=O)O.CC(CCc1ccccc1)C(=O)O.CC(Cc1ccc(OC(C)(C)C)cc1)C(=O)O.CC(Cc1ccccc1)C(=O)O.CC(N)=NCCCCC(C)C(=O)O.CO.CO.O=C(NC(Cc1ccccc1)C(=O)O)OCC1c2ccccc2-c2ccccc21.O=[C-]OCC1c2ccccc2-c2ccccc21.[Ho].[NH-]C(Cc1ccccc1)C(=O)O. The monoisotopic (exact) mass is 2120 g/mol. The number of amidine groups is 1. The fraction of sp³-hybridized carbons (Fsp3) is 0.383. The molecular weight excluding hydrogens is 1970 g/mol. The third-order valence-corrected chi connectivity index (χ3v) is 23.4. The van der Waals surface area contributed by atoms with Crippen LogP contribution >= 0.6 is 0 Å². The van der Waals surface area contributed by atoms with Gasteiger partial charge in [0.15, 0.2) is 0 Å². The molecule has 14 N–H and O–H groups in total. The van der Waals surface area contributed by atoms with E-state index >= 15 is 0 Å². The first-order valence-corrected chi connectivity index (χ1v) is 47.5. The molecule has 0 aliphatic heterocycles. The van der Waals surface area contributed by atoms with Crippen molar-refractivity contribution < 1.29 is 151 Å². The van der Waals surface area contributed by atoms with E-state index in [0.717, 1.165) is 102 Å². The Morgan fingerprint density at radius 2 is 0.769 bits per heavy atom. The number of benzene rings is 10. The third kappa shape index (κ3) is 48.6. The maximum absolute atomic E-state index is 12.3. The van der Waals surface area contributed by atoms with Gasteiger partial charge in [-0.05, 0) is 222 Å². The Hall–Kier alpha value is -12.9. The molecule has 28 heteroatoms. The molecule has 0 heterocycles. The topological polar surface area (TPSA) is 475 Å². The van der Waals surface area contributed by atoms with Gasteiger partial charge in [-0.1, -0.05) is 321 Å². The number of rotatable bonds is 34. The van der Waals surface area contributed by atoms with E-state index in [4.69, 9.17) is 71.6 Å². The Bertz CT molecular complexity index is 5270. The van der Waals surface area contributed by atoms with Crippen molar-refractivity contribution in [3.8, 4) is 28.0 Å². The van der Waals surface area contributed by atoms with Crippen LogP contribution < -0.4 is 15.8 Å². The Balaban J connectivity index is 0.000000551. The second-order valence-electron chi connectivity index (χ2n) is 36.7. The number of aliphatic imine (C=N–C) groups is 1. The first-order chi connectivity index (χ1) is 67.5. The predicted octanol–water partition coefficient (Wildman–Crippen LogP) is 21.7. The van der Waals surface area contributed by atoms with E-state index in [-0.39, 0.29) is 98.3 Å². The number of nitrogens with one attached hydrogen (secondary N) is 2. The summed E-state index contributed by atoms with van der Waals surface area (Å²) >= 11 is 0. The fourth-order valence-electron chi connectivity index (χ4n) is 15.1. The molecule has 1 radical (unpaired) electrons. The molecule has 0 aromatic heterocycles. The van der Waals surface area contributed by atoms with Gasteiger partial charge >= 0.3 is 47.9 Å². The molecule has 3 aliphatic carbocycles. The number of unbranched alkanes of at least 4 members (excludes halogenated alkanes) is 1. The summed E-state index contributed by atoms with van der Waals surface area (Å²) in [6, 6.07) is 85.8. The van der Waals surface area contributed by atoms with Crippen LogP contribution in [0.1, 0.15) is 208 Å². The van der Waals surface area contributed by atoms with Crippen molar-refractivity contribution in [2.75, 3.05) is 34.0 Å². The molecule has 10 aromatic rings. The van der Waals surface area contributed by atoms with Crippen LogP contribution in [0.2, 0.25) is 0 Å². The minimum Gasteiger partial charge on any atom is -0.665 e. The number of amides is 1. The molecule has 10 aromatic carbocycles. The van der Waals surface area contributed by atoms with Crippen LogP contribution in [0.3, 0.4) is 0 Å². The number of carboxylic acids is 8. The number of nitrogens with two attached hydrogens (primary N) is 1. The quantitative estimate of drug-likeness (QED) is 0.00586.